The molecule has 1 aromatic carbocycles. The highest BCUT2D eigenvalue weighted by molar-refractivity contribution is 9.10. The van der Waals surface area contributed by atoms with E-state index >= 15 is 0 Å². The molecule has 0 amide bonds. The number of esters is 2. The van der Waals surface area contributed by atoms with Crippen molar-refractivity contribution in [1.29, 1.82) is 0 Å². The van der Waals surface area contributed by atoms with Gasteiger partial charge in [-0.15, -0.1) is 0 Å². The smallest absolute Gasteiger partial charge is 0.328 e. The number of carbonyl (C=O) groups is 3. The van der Waals surface area contributed by atoms with Crippen LogP contribution in [-0.2, 0) is 19.1 Å². The highest BCUT2D eigenvalue weighted by atomic mass is 79.9. The first-order valence-corrected chi connectivity index (χ1v) is 7.37. The largest absolute Gasteiger partial charge is 0.465 e. The van der Waals surface area contributed by atoms with Gasteiger partial charge in [0.1, 0.15) is 0 Å². The van der Waals surface area contributed by atoms with Crippen LogP contribution in [0.25, 0.3) is 0 Å². The molecule has 0 saturated carbocycles. The predicted octanol–water partition coefficient (Wildman–Crippen LogP) is 2.93. The zero-order valence-corrected chi connectivity index (χ0v) is 14.0. The molecule has 24 heavy (non-hydrogen) atoms. The van der Waals surface area contributed by atoms with Crippen LogP contribution >= 0.6 is 15.9 Å². The molecule has 132 valence electrons. The van der Waals surface area contributed by atoms with Crippen molar-refractivity contribution < 1.29 is 41.4 Å². The van der Waals surface area contributed by atoms with Gasteiger partial charge < -0.3 is 9.47 Å². The van der Waals surface area contributed by atoms with E-state index in [9.17, 15) is 31.9 Å². The van der Waals surface area contributed by atoms with Gasteiger partial charge in [0.2, 0.25) is 5.92 Å². The minimum atomic E-state index is -2.31. The van der Waals surface area contributed by atoms with Crippen LogP contribution in [0, 0.1) is 29.2 Å². The molecule has 0 bridgehead atoms. The van der Waals surface area contributed by atoms with Crippen molar-refractivity contribution in [2.24, 2.45) is 5.92 Å². The summed E-state index contributed by atoms with van der Waals surface area (Å²) < 4.78 is 61.9. The van der Waals surface area contributed by atoms with Crippen LogP contribution in [-0.4, -0.2) is 30.9 Å². The lowest BCUT2D eigenvalue weighted by molar-refractivity contribution is -0.158. The third-order valence-corrected chi connectivity index (χ3v) is 3.51. The molecule has 0 saturated heterocycles. The van der Waals surface area contributed by atoms with Gasteiger partial charge in [0.25, 0.3) is 0 Å². The maximum absolute atomic E-state index is 13.9. The van der Waals surface area contributed by atoms with Crippen molar-refractivity contribution in [3.63, 3.8) is 0 Å². The van der Waals surface area contributed by atoms with Crippen molar-refractivity contribution in [2.45, 2.75) is 13.8 Å². The molecule has 0 atom stereocenters. The summed E-state index contributed by atoms with van der Waals surface area (Å²) in [6.07, 6.45) is 0. The maximum Gasteiger partial charge on any atom is 0.328 e. The number of hydrogen-bond donors (Lipinski definition) is 0. The van der Waals surface area contributed by atoms with Crippen LogP contribution in [0.15, 0.2) is 4.47 Å². The Morgan fingerprint density at radius 3 is 1.71 bits per heavy atom. The van der Waals surface area contributed by atoms with Gasteiger partial charge in [-0.1, -0.05) is 0 Å². The quantitative estimate of drug-likeness (QED) is 0.179. The molecule has 5 nitrogen and oxygen atoms in total. The van der Waals surface area contributed by atoms with Gasteiger partial charge in [0.05, 0.1) is 23.2 Å². The zero-order valence-electron chi connectivity index (χ0n) is 12.4. The van der Waals surface area contributed by atoms with E-state index in [4.69, 9.17) is 0 Å². The van der Waals surface area contributed by atoms with E-state index in [1.165, 1.54) is 13.8 Å². The SMILES string of the molecule is CCOC(=O)C(C(=O)OCC)C(=O)c1c(F)c(F)c(F)c(F)c1Br. The minimum Gasteiger partial charge on any atom is -0.465 e. The normalized spacial score (nSPS) is 10.7. The Morgan fingerprint density at radius 1 is 0.875 bits per heavy atom. The molecule has 0 fully saturated rings. The van der Waals surface area contributed by atoms with Gasteiger partial charge in [-0.3, -0.25) is 14.4 Å². The van der Waals surface area contributed by atoms with Crippen LogP contribution in [0.5, 0.6) is 0 Å². The lowest BCUT2D eigenvalue weighted by atomic mass is 9.96. The zero-order chi connectivity index (χ0) is 18.6. The first kappa shape index (κ1) is 20.1. The summed E-state index contributed by atoms with van der Waals surface area (Å²) in [6.45, 7) is 2.30. The number of ketones is 1. The van der Waals surface area contributed by atoms with E-state index < -0.39 is 56.9 Å². The Kier molecular flexibility index (Phi) is 6.88. The van der Waals surface area contributed by atoms with Crippen molar-refractivity contribution in [3.05, 3.63) is 33.3 Å². The fourth-order valence-corrected chi connectivity index (χ4v) is 2.27. The Balaban J connectivity index is 3.49. The first-order chi connectivity index (χ1) is 11.2. The summed E-state index contributed by atoms with van der Waals surface area (Å²) in [5.41, 5.74) is -1.34. The summed E-state index contributed by atoms with van der Waals surface area (Å²) in [7, 11) is 0. The molecule has 0 heterocycles. The van der Waals surface area contributed by atoms with Gasteiger partial charge in [0.15, 0.2) is 29.1 Å². The molecule has 0 spiro atoms. The molecule has 1 aromatic rings. The maximum atomic E-state index is 13.9. The average molecular weight is 415 g/mol. The summed E-state index contributed by atoms with van der Waals surface area (Å²) in [4.78, 5) is 35.9. The standard InChI is InChI=1S/C14H11BrF4O5/c1-3-23-13(21)6(14(22)24-4-2)12(20)5-7(15)9(17)11(19)10(18)8(5)16/h6H,3-4H2,1-2H3. The van der Waals surface area contributed by atoms with E-state index in [1.807, 2.05) is 0 Å². The first-order valence-electron chi connectivity index (χ1n) is 6.57. The second kappa shape index (κ2) is 8.22. The highest BCUT2D eigenvalue weighted by Crippen LogP contribution is 2.31. The minimum absolute atomic E-state index is 0.224. The number of carbonyl (C=O) groups excluding carboxylic acids is 3. The van der Waals surface area contributed by atoms with Crippen LogP contribution in [0.2, 0.25) is 0 Å². The lowest BCUT2D eigenvalue weighted by Crippen LogP contribution is -2.36. The predicted molar refractivity (Wildman–Crippen MR) is 75.1 cm³/mol. The van der Waals surface area contributed by atoms with Crippen molar-refractivity contribution in [2.75, 3.05) is 13.2 Å². The lowest BCUT2D eigenvalue weighted by Gasteiger charge is -2.15. The molecule has 0 aromatic heterocycles. The average Bonchev–Trinajstić information content (AvgIpc) is 2.52. The van der Waals surface area contributed by atoms with Crippen LogP contribution in [0.1, 0.15) is 24.2 Å². The molecular weight excluding hydrogens is 404 g/mol. The highest BCUT2D eigenvalue weighted by Gasteiger charge is 2.41. The van der Waals surface area contributed by atoms with Gasteiger partial charge in [-0.25, -0.2) is 17.6 Å². The van der Waals surface area contributed by atoms with Crippen molar-refractivity contribution in [1.82, 2.24) is 0 Å². The van der Waals surface area contributed by atoms with Gasteiger partial charge in [0, 0.05) is 0 Å². The number of hydrogen-bond acceptors (Lipinski definition) is 5. The van der Waals surface area contributed by atoms with E-state index in [0.717, 1.165) is 0 Å². The molecule has 10 heteroatoms. The topological polar surface area (TPSA) is 69.7 Å². The second-order valence-electron chi connectivity index (χ2n) is 4.25. The third-order valence-electron chi connectivity index (χ3n) is 2.76. The second-order valence-corrected chi connectivity index (χ2v) is 5.04. The Morgan fingerprint density at radius 2 is 1.29 bits per heavy atom. The summed E-state index contributed by atoms with van der Waals surface area (Å²) >= 11 is 2.41. The number of halogens is 5. The molecule has 0 N–H and O–H groups in total. The molecule has 1 rings (SSSR count). The van der Waals surface area contributed by atoms with E-state index in [1.54, 1.807) is 0 Å². The van der Waals surface area contributed by atoms with Crippen molar-refractivity contribution >= 4 is 33.7 Å². The number of ether oxygens (including phenoxy) is 2. The summed E-state index contributed by atoms with van der Waals surface area (Å²) in [5, 5.41) is 0. The number of benzene rings is 1. The number of Topliss-reactive ketones (excluding diaryl/α,β-unsaturated/α-hetero) is 1. The van der Waals surface area contributed by atoms with Gasteiger partial charge in [-0.05, 0) is 29.8 Å². The number of rotatable bonds is 6. The van der Waals surface area contributed by atoms with Crippen LogP contribution in [0.4, 0.5) is 17.6 Å². The molecule has 0 aliphatic rings. The molecule has 0 unspecified atom stereocenters. The molecule has 0 radical (unpaired) electrons. The van der Waals surface area contributed by atoms with E-state index in [2.05, 4.69) is 25.4 Å². The Labute approximate surface area is 142 Å². The Hall–Kier alpha value is -1.97. The molecule has 0 aliphatic heterocycles. The molecular formula is C14H11BrF4O5. The fraction of sp³-hybridized carbons (Fsp3) is 0.357. The fourth-order valence-electron chi connectivity index (χ4n) is 1.73. The monoisotopic (exact) mass is 414 g/mol. The third kappa shape index (κ3) is 3.74. The van der Waals surface area contributed by atoms with Crippen LogP contribution in [0.3, 0.4) is 0 Å². The summed E-state index contributed by atoms with van der Waals surface area (Å²) in [6, 6.07) is 0. The summed E-state index contributed by atoms with van der Waals surface area (Å²) in [5.74, 6) is -15.1. The van der Waals surface area contributed by atoms with Crippen LogP contribution < -0.4 is 0 Å². The van der Waals surface area contributed by atoms with Gasteiger partial charge >= 0.3 is 11.9 Å². The van der Waals surface area contributed by atoms with Gasteiger partial charge in [-0.2, -0.15) is 0 Å². The van der Waals surface area contributed by atoms with E-state index in [-0.39, 0.29) is 13.2 Å². The van der Waals surface area contributed by atoms with E-state index in [0.29, 0.717) is 0 Å². The molecule has 0 aliphatic carbocycles. The van der Waals surface area contributed by atoms with Crippen molar-refractivity contribution in [3.8, 4) is 0 Å². The Bertz CT molecular complexity index is 645.